The molecule has 2 aromatic rings. The van der Waals surface area contributed by atoms with Crippen LogP contribution in [0.1, 0.15) is 26.3 Å². The Bertz CT molecular complexity index is 806. The predicted octanol–water partition coefficient (Wildman–Crippen LogP) is 2.74. The van der Waals surface area contributed by atoms with Gasteiger partial charge < -0.3 is 4.90 Å². The van der Waals surface area contributed by atoms with Crippen LogP contribution in [0.15, 0.2) is 54.6 Å². The van der Waals surface area contributed by atoms with Gasteiger partial charge in [-0.3, -0.25) is 14.4 Å². The minimum atomic E-state index is -0.583. The minimum Gasteiger partial charge on any atom is -0.311 e. The SMILES string of the molecule is CN(C(=O)c1ccccc1)c1cccc2c1C(=O)C(=O)C=C2. The van der Waals surface area contributed by atoms with E-state index in [1.165, 1.54) is 11.0 Å². The van der Waals surface area contributed by atoms with Crippen molar-refractivity contribution in [2.75, 3.05) is 11.9 Å². The number of carbonyl (C=O) groups excluding carboxylic acids is 3. The highest BCUT2D eigenvalue weighted by Crippen LogP contribution is 2.28. The van der Waals surface area contributed by atoms with Crippen molar-refractivity contribution in [2.24, 2.45) is 0 Å². The first-order chi connectivity index (χ1) is 10.6. The molecule has 1 amide bonds. The second-order valence-corrected chi connectivity index (χ2v) is 5.00. The molecule has 0 saturated heterocycles. The molecule has 1 aliphatic rings. The van der Waals surface area contributed by atoms with E-state index in [0.29, 0.717) is 16.8 Å². The Hall–Kier alpha value is -3.01. The van der Waals surface area contributed by atoms with Crippen molar-refractivity contribution in [3.63, 3.8) is 0 Å². The van der Waals surface area contributed by atoms with Gasteiger partial charge in [-0.25, -0.2) is 0 Å². The van der Waals surface area contributed by atoms with Crippen LogP contribution >= 0.6 is 0 Å². The Morgan fingerprint density at radius 3 is 2.36 bits per heavy atom. The van der Waals surface area contributed by atoms with E-state index in [1.54, 1.807) is 55.6 Å². The lowest BCUT2D eigenvalue weighted by Crippen LogP contribution is -2.29. The standard InChI is InChI=1S/C18H13NO3/c1-19(18(22)13-6-3-2-4-7-13)14-9-5-8-12-10-11-15(20)17(21)16(12)14/h2-11H,1H3. The van der Waals surface area contributed by atoms with Crippen LogP contribution in [0.4, 0.5) is 5.69 Å². The van der Waals surface area contributed by atoms with Crippen molar-refractivity contribution >= 4 is 29.2 Å². The van der Waals surface area contributed by atoms with Crippen LogP contribution in [0.2, 0.25) is 0 Å². The van der Waals surface area contributed by atoms with Gasteiger partial charge in [-0.15, -0.1) is 0 Å². The van der Waals surface area contributed by atoms with Gasteiger partial charge in [0.15, 0.2) is 0 Å². The van der Waals surface area contributed by atoms with E-state index in [4.69, 9.17) is 0 Å². The predicted molar refractivity (Wildman–Crippen MR) is 84.0 cm³/mol. The number of hydrogen-bond donors (Lipinski definition) is 0. The summed E-state index contributed by atoms with van der Waals surface area (Å²) in [5, 5.41) is 0. The highest BCUT2D eigenvalue weighted by molar-refractivity contribution is 6.51. The Morgan fingerprint density at radius 1 is 0.909 bits per heavy atom. The molecule has 0 N–H and O–H groups in total. The highest BCUT2D eigenvalue weighted by Gasteiger charge is 2.27. The van der Waals surface area contributed by atoms with Crippen LogP contribution in [0.3, 0.4) is 0 Å². The molecule has 0 aliphatic heterocycles. The van der Waals surface area contributed by atoms with Gasteiger partial charge in [0.2, 0.25) is 11.6 Å². The number of anilines is 1. The van der Waals surface area contributed by atoms with E-state index in [1.807, 2.05) is 6.07 Å². The van der Waals surface area contributed by atoms with Crippen molar-refractivity contribution in [1.29, 1.82) is 0 Å². The highest BCUT2D eigenvalue weighted by atomic mass is 16.2. The van der Waals surface area contributed by atoms with Gasteiger partial charge >= 0.3 is 0 Å². The summed E-state index contributed by atoms with van der Waals surface area (Å²) in [6, 6.07) is 14.0. The number of benzene rings is 2. The number of nitrogens with zero attached hydrogens (tertiary/aromatic N) is 1. The smallest absolute Gasteiger partial charge is 0.258 e. The van der Waals surface area contributed by atoms with E-state index < -0.39 is 11.6 Å². The third-order valence-electron chi connectivity index (χ3n) is 3.63. The summed E-state index contributed by atoms with van der Waals surface area (Å²) in [5.74, 6) is -1.38. The zero-order valence-electron chi connectivity index (χ0n) is 11.9. The van der Waals surface area contributed by atoms with E-state index in [9.17, 15) is 14.4 Å². The topological polar surface area (TPSA) is 54.5 Å². The van der Waals surface area contributed by atoms with E-state index in [2.05, 4.69) is 0 Å². The first-order valence-electron chi connectivity index (χ1n) is 6.82. The number of carbonyl (C=O) groups is 3. The molecule has 0 aromatic heterocycles. The quantitative estimate of drug-likeness (QED) is 0.799. The van der Waals surface area contributed by atoms with Crippen molar-refractivity contribution < 1.29 is 14.4 Å². The average molecular weight is 291 g/mol. The maximum Gasteiger partial charge on any atom is 0.258 e. The zero-order chi connectivity index (χ0) is 15.7. The lowest BCUT2D eigenvalue weighted by molar-refractivity contribution is -0.110. The van der Waals surface area contributed by atoms with Crippen LogP contribution in [0.25, 0.3) is 6.08 Å². The number of hydrogen-bond acceptors (Lipinski definition) is 3. The average Bonchev–Trinajstić information content (AvgIpc) is 2.57. The molecule has 0 fully saturated rings. The Labute approximate surface area is 127 Å². The monoisotopic (exact) mass is 291 g/mol. The molecule has 0 saturated carbocycles. The van der Waals surface area contributed by atoms with Crippen molar-refractivity contribution in [3.05, 3.63) is 71.3 Å². The second-order valence-electron chi connectivity index (χ2n) is 5.00. The normalized spacial score (nSPS) is 13.0. The molecular formula is C18H13NO3. The minimum absolute atomic E-state index is 0.233. The molecule has 0 spiro atoms. The van der Waals surface area contributed by atoms with Gasteiger partial charge in [0, 0.05) is 12.6 Å². The van der Waals surface area contributed by atoms with Crippen LogP contribution in [0.5, 0.6) is 0 Å². The fourth-order valence-corrected chi connectivity index (χ4v) is 2.47. The molecular weight excluding hydrogens is 278 g/mol. The number of fused-ring (bicyclic) bond motifs is 1. The van der Waals surface area contributed by atoms with Gasteiger partial charge in [0.05, 0.1) is 11.3 Å². The van der Waals surface area contributed by atoms with Gasteiger partial charge in [0.1, 0.15) is 0 Å². The van der Waals surface area contributed by atoms with Crippen molar-refractivity contribution in [1.82, 2.24) is 0 Å². The molecule has 4 nitrogen and oxygen atoms in total. The number of amides is 1. The molecule has 4 heteroatoms. The largest absolute Gasteiger partial charge is 0.311 e. The summed E-state index contributed by atoms with van der Waals surface area (Å²) in [6.45, 7) is 0. The number of Topliss-reactive ketones (excluding diaryl/α,β-unsaturated/α-hetero) is 1. The zero-order valence-corrected chi connectivity index (χ0v) is 11.9. The molecule has 108 valence electrons. The molecule has 1 aliphatic carbocycles. The Balaban J connectivity index is 2.07. The molecule has 0 atom stereocenters. The summed E-state index contributed by atoms with van der Waals surface area (Å²) < 4.78 is 0. The first kappa shape index (κ1) is 13.9. The third kappa shape index (κ3) is 2.24. The molecule has 3 rings (SSSR count). The summed E-state index contributed by atoms with van der Waals surface area (Å²) in [4.78, 5) is 37.7. The van der Waals surface area contributed by atoms with Crippen LogP contribution in [-0.4, -0.2) is 24.5 Å². The van der Waals surface area contributed by atoms with E-state index >= 15 is 0 Å². The molecule has 0 bridgehead atoms. The fourth-order valence-electron chi connectivity index (χ4n) is 2.47. The maximum absolute atomic E-state index is 12.5. The second kappa shape index (κ2) is 5.41. The molecule has 2 aromatic carbocycles. The molecule has 0 unspecified atom stereocenters. The van der Waals surface area contributed by atoms with Crippen molar-refractivity contribution in [2.45, 2.75) is 0 Å². The lowest BCUT2D eigenvalue weighted by atomic mass is 9.93. The van der Waals surface area contributed by atoms with Gasteiger partial charge in [-0.05, 0) is 29.8 Å². The van der Waals surface area contributed by atoms with Gasteiger partial charge in [-0.1, -0.05) is 36.4 Å². The Morgan fingerprint density at radius 2 is 1.64 bits per heavy atom. The van der Waals surface area contributed by atoms with E-state index in [-0.39, 0.29) is 11.5 Å². The summed E-state index contributed by atoms with van der Waals surface area (Å²) in [7, 11) is 1.60. The fraction of sp³-hybridized carbons (Fsp3) is 0.0556. The first-order valence-corrected chi connectivity index (χ1v) is 6.82. The van der Waals surface area contributed by atoms with Crippen LogP contribution in [-0.2, 0) is 4.79 Å². The summed E-state index contributed by atoms with van der Waals surface area (Å²) in [5.41, 5.74) is 1.89. The van der Waals surface area contributed by atoms with Crippen molar-refractivity contribution in [3.8, 4) is 0 Å². The molecule has 0 radical (unpaired) electrons. The van der Waals surface area contributed by atoms with Crippen LogP contribution in [0, 0.1) is 0 Å². The molecule has 22 heavy (non-hydrogen) atoms. The maximum atomic E-state index is 12.5. The summed E-state index contributed by atoms with van der Waals surface area (Å²) in [6.07, 6.45) is 2.86. The lowest BCUT2D eigenvalue weighted by Gasteiger charge is -2.22. The Kier molecular flexibility index (Phi) is 3.43. The summed E-state index contributed by atoms with van der Waals surface area (Å²) >= 11 is 0. The van der Waals surface area contributed by atoms with Crippen LogP contribution < -0.4 is 4.90 Å². The number of ketones is 2. The molecule has 0 heterocycles. The third-order valence-corrected chi connectivity index (χ3v) is 3.63. The number of allylic oxidation sites excluding steroid dienone is 1. The number of rotatable bonds is 2. The van der Waals surface area contributed by atoms with Gasteiger partial charge in [0.25, 0.3) is 5.91 Å². The van der Waals surface area contributed by atoms with Gasteiger partial charge in [-0.2, -0.15) is 0 Å². The van der Waals surface area contributed by atoms with E-state index in [0.717, 1.165) is 0 Å².